The molecule has 33 heavy (non-hydrogen) atoms. The van der Waals surface area contributed by atoms with Crippen LogP contribution in [0.4, 0.5) is 4.79 Å². The zero-order valence-electron chi connectivity index (χ0n) is 19.9. The van der Waals surface area contributed by atoms with Crippen LogP contribution in [0, 0.1) is 5.92 Å². The van der Waals surface area contributed by atoms with Gasteiger partial charge in [0.05, 0.1) is 0 Å². The Hall–Kier alpha value is -3.08. The molecule has 1 heterocycles. The van der Waals surface area contributed by atoms with E-state index in [9.17, 15) is 9.59 Å². The molecule has 2 aromatic rings. The predicted molar refractivity (Wildman–Crippen MR) is 129 cm³/mol. The standard InChI is InChI=1S/C28H33NO4/c1-19-14-15-22(17-29(19)27(31)32-18-20-10-6-5-7-11-20)25-23-13-9-8-12-21(23)16-24(25)26(30)33-28(2,3)4/h5-13,16,19,22,25H,14-15,17-18H2,1-4H3. The summed E-state index contributed by atoms with van der Waals surface area (Å²) in [5.74, 6) is -0.249. The SMILES string of the molecule is CC1CCC(C2C(C(=O)OC(C)(C)C)=Cc3ccccc32)CN1C(=O)OCc1ccccc1. The number of hydrogen-bond donors (Lipinski definition) is 0. The Morgan fingerprint density at radius 3 is 2.42 bits per heavy atom. The summed E-state index contributed by atoms with van der Waals surface area (Å²) in [6, 6.07) is 17.9. The molecule has 1 fully saturated rings. The van der Waals surface area contributed by atoms with Gasteiger partial charge in [0.15, 0.2) is 0 Å². The number of nitrogens with zero attached hydrogens (tertiary/aromatic N) is 1. The Bertz CT molecular complexity index is 1040. The second-order valence-corrected chi connectivity index (χ2v) is 10.1. The second kappa shape index (κ2) is 9.42. The van der Waals surface area contributed by atoms with E-state index in [1.54, 1.807) is 0 Å². The van der Waals surface area contributed by atoms with Gasteiger partial charge >= 0.3 is 12.1 Å². The number of fused-ring (bicyclic) bond motifs is 1. The molecule has 1 saturated heterocycles. The molecule has 0 saturated carbocycles. The smallest absolute Gasteiger partial charge is 0.410 e. The number of ether oxygens (including phenoxy) is 2. The molecule has 1 aliphatic heterocycles. The summed E-state index contributed by atoms with van der Waals surface area (Å²) in [6.07, 6.45) is 3.46. The van der Waals surface area contributed by atoms with Crippen molar-refractivity contribution in [2.45, 2.75) is 64.7 Å². The summed E-state index contributed by atoms with van der Waals surface area (Å²) in [4.78, 5) is 27.9. The van der Waals surface area contributed by atoms with Gasteiger partial charge < -0.3 is 14.4 Å². The van der Waals surface area contributed by atoms with Gasteiger partial charge in [-0.15, -0.1) is 0 Å². The van der Waals surface area contributed by atoms with E-state index in [4.69, 9.17) is 9.47 Å². The topological polar surface area (TPSA) is 55.8 Å². The minimum absolute atomic E-state index is 0.0898. The largest absolute Gasteiger partial charge is 0.457 e. The Kier molecular flexibility index (Phi) is 6.59. The highest BCUT2D eigenvalue weighted by atomic mass is 16.6. The third-order valence-electron chi connectivity index (χ3n) is 6.44. The molecule has 3 unspecified atom stereocenters. The molecule has 5 nitrogen and oxygen atoms in total. The van der Waals surface area contributed by atoms with Gasteiger partial charge in [0, 0.05) is 24.1 Å². The number of benzene rings is 2. The molecular formula is C28H33NO4. The molecule has 5 heteroatoms. The number of carbonyl (C=O) groups is 2. The quantitative estimate of drug-likeness (QED) is 0.544. The minimum atomic E-state index is -0.564. The lowest BCUT2D eigenvalue weighted by atomic mass is 9.77. The third-order valence-corrected chi connectivity index (χ3v) is 6.44. The van der Waals surface area contributed by atoms with Crippen LogP contribution in [0.15, 0.2) is 60.2 Å². The summed E-state index contributed by atoms with van der Waals surface area (Å²) in [5.41, 5.74) is 3.27. The fourth-order valence-corrected chi connectivity index (χ4v) is 4.84. The molecule has 2 aromatic carbocycles. The van der Waals surface area contributed by atoms with Crippen LogP contribution in [-0.4, -0.2) is 35.2 Å². The van der Waals surface area contributed by atoms with Crippen molar-refractivity contribution in [3.63, 3.8) is 0 Å². The molecule has 1 amide bonds. The van der Waals surface area contributed by atoms with Crippen LogP contribution in [0.5, 0.6) is 0 Å². The average molecular weight is 448 g/mol. The Labute approximate surface area is 196 Å². The number of likely N-dealkylation sites (tertiary alicyclic amines) is 1. The normalized spacial score (nSPS) is 22.4. The number of carbonyl (C=O) groups excluding carboxylic acids is 2. The van der Waals surface area contributed by atoms with Crippen LogP contribution in [-0.2, 0) is 20.9 Å². The number of esters is 1. The van der Waals surface area contributed by atoms with Crippen molar-refractivity contribution >= 4 is 18.1 Å². The van der Waals surface area contributed by atoms with Crippen molar-refractivity contribution < 1.29 is 19.1 Å². The van der Waals surface area contributed by atoms with E-state index in [2.05, 4.69) is 13.0 Å². The predicted octanol–water partition coefficient (Wildman–Crippen LogP) is 5.95. The van der Waals surface area contributed by atoms with E-state index >= 15 is 0 Å². The van der Waals surface area contributed by atoms with Gasteiger partial charge in [-0.3, -0.25) is 0 Å². The lowest BCUT2D eigenvalue weighted by Crippen LogP contribution is -2.47. The summed E-state index contributed by atoms with van der Waals surface area (Å²) in [7, 11) is 0. The zero-order valence-corrected chi connectivity index (χ0v) is 19.9. The number of hydrogen-bond acceptors (Lipinski definition) is 4. The van der Waals surface area contributed by atoms with Gasteiger partial charge in [-0.2, -0.15) is 0 Å². The summed E-state index contributed by atoms with van der Waals surface area (Å²) in [6.45, 7) is 8.52. The van der Waals surface area contributed by atoms with Crippen molar-refractivity contribution in [1.29, 1.82) is 0 Å². The first-order valence-electron chi connectivity index (χ1n) is 11.7. The fraction of sp³-hybridized carbons (Fsp3) is 0.429. The third kappa shape index (κ3) is 5.29. The first-order valence-corrected chi connectivity index (χ1v) is 11.7. The van der Waals surface area contributed by atoms with Gasteiger partial charge in [0.25, 0.3) is 0 Å². The van der Waals surface area contributed by atoms with Crippen molar-refractivity contribution in [3.05, 3.63) is 76.9 Å². The van der Waals surface area contributed by atoms with Crippen LogP contribution in [0.1, 0.15) is 63.1 Å². The lowest BCUT2D eigenvalue weighted by Gasteiger charge is -2.40. The molecule has 0 radical (unpaired) electrons. The van der Waals surface area contributed by atoms with Crippen molar-refractivity contribution in [2.24, 2.45) is 5.92 Å². The molecule has 0 bridgehead atoms. The van der Waals surface area contributed by atoms with Gasteiger partial charge in [0.1, 0.15) is 12.2 Å². The van der Waals surface area contributed by atoms with Crippen LogP contribution in [0.2, 0.25) is 0 Å². The summed E-state index contributed by atoms with van der Waals surface area (Å²) < 4.78 is 11.4. The van der Waals surface area contributed by atoms with E-state index < -0.39 is 5.60 Å². The van der Waals surface area contributed by atoms with Gasteiger partial charge in [-0.05, 0) is 69.2 Å². The average Bonchev–Trinajstić information content (AvgIpc) is 3.17. The fourth-order valence-electron chi connectivity index (χ4n) is 4.84. The van der Waals surface area contributed by atoms with E-state index in [-0.39, 0.29) is 36.5 Å². The van der Waals surface area contributed by atoms with E-state index in [1.807, 2.05) is 80.3 Å². The Morgan fingerprint density at radius 1 is 1.00 bits per heavy atom. The highest BCUT2D eigenvalue weighted by Crippen LogP contribution is 2.45. The van der Waals surface area contributed by atoms with Crippen LogP contribution in [0.25, 0.3) is 6.08 Å². The Morgan fingerprint density at radius 2 is 1.70 bits per heavy atom. The van der Waals surface area contributed by atoms with Gasteiger partial charge in [-0.1, -0.05) is 54.6 Å². The maximum atomic E-state index is 13.1. The van der Waals surface area contributed by atoms with Crippen molar-refractivity contribution in [1.82, 2.24) is 4.90 Å². The van der Waals surface area contributed by atoms with E-state index in [0.29, 0.717) is 12.1 Å². The molecule has 0 N–H and O–H groups in total. The molecule has 3 atom stereocenters. The Balaban J connectivity index is 1.53. The van der Waals surface area contributed by atoms with Gasteiger partial charge in [0.2, 0.25) is 0 Å². The second-order valence-electron chi connectivity index (χ2n) is 10.1. The molecule has 0 aromatic heterocycles. The van der Waals surface area contributed by atoms with E-state index in [1.165, 1.54) is 0 Å². The van der Waals surface area contributed by atoms with Crippen molar-refractivity contribution in [3.8, 4) is 0 Å². The number of amides is 1. The summed E-state index contributed by atoms with van der Waals surface area (Å²) in [5, 5.41) is 0. The molecule has 1 aliphatic carbocycles. The number of piperidine rings is 1. The monoisotopic (exact) mass is 447 g/mol. The first-order chi connectivity index (χ1) is 15.7. The van der Waals surface area contributed by atoms with Crippen molar-refractivity contribution in [2.75, 3.05) is 6.54 Å². The van der Waals surface area contributed by atoms with Gasteiger partial charge in [-0.25, -0.2) is 9.59 Å². The molecule has 4 rings (SSSR count). The highest BCUT2D eigenvalue weighted by molar-refractivity contribution is 5.98. The van der Waals surface area contributed by atoms with E-state index in [0.717, 1.165) is 29.5 Å². The maximum Gasteiger partial charge on any atom is 0.410 e. The lowest BCUT2D eigenvalue weighted by molar-refractivity contribution is -0.150. The molecule has 2 aliphatic rings. The number of rotatable bonds is 4. The maximum absolute atomic E-state index is 13.1. The van der Waals surface area contributed by atoms with Crippen LogP contribution >= 0.6 is 0 Å². The summed E-state index contributed by atoms with van der Waals surface area (Å²) >= 11 is 0. The highest BCUT2D eigenvalue weighted by Gasteiger charge is 2.41. The minimum Gasteiger partial charge on any atom is -0.457 e. The first kappa shape index (κ1) is 23.1. The molecule has 0 spiro atoms. The zero-order chi connectivity index (χ0) is 23.6. The molecular weight excluding hydrogens is 414 g/mol. The molecule has 174 valence electrons. The van der Waals surface area contributed by atoms with Crippen LogP contribution < -0.4 is 0 Å². The van der Waals surface area contributed by atoms with Crippen LogP contribution in [0.3, 0.4) is 0 Å².